The van der Waals surface area contributed by atoms with Gasteiger partial charge in [0.05, 0.1) is 4.92 Å². The number of hydrogen-bond donors (Lipinski definition) is 0. The maximum atomic E-state index is 11.1. The zero-order valence-corrected chi connectivity index (χ0v) is 14.0. The van der Waals surface area contributed by atoms with Gasteiger partial charge in [0.1, 0.15) is 0 Å². The van der Waals surface area contributed by atoms with Gasteiger partial charge in [-0.15, -0.1) is 0 Å². The molecule has 3 atom stereocenters. The quantitative estimate of drug-likeness (QED) is 0.474. The zero-order chi connectivity index (χ0) is 16.5. The molecule has 1 saturated carbocycles. The van der Waals surface area contributed by atoms with Gasteiger partial charge in [0.15, 0.2) is 0 Å². The lowest BCUT2D eigenvalue weighted by Crippen LogP contribution is -2.47. The van der Waals surface area contributed by atoms with Crippen LogP contribution in [0.25, 0.3) is 0 Å². The fraction of sp³-hybridized carbons (Fsp3) is 0.579. The third kappa shape index (κ3) is 3.23. The monoisotopic (exact) mass is 327 g/mol. The third-order valence-corrected chi connectivity index (χ3v) is 5.96. The number of nitrogens with zero attached hydrogens (tertiary/aromatic N) is 3. The molecule has 2 bridgehead atoms. The van der Waals surface area contributed by atoms with Crippen LogP contribution in [0.15, 0.2) is 36.4 Å². The first kappa shape index (κ1) is 15.8. The molecule has 5 heteroatoms. The molecule has 0 aromatic heterocycles. The van der Waals surface area contributed by atoms with E-state index in [4.69, 9.17) is 0 Å². The molecule has 1 aromatic rings. The first-order valence-corrected chi connectivity index (χ1v) is 9.04. The van der Waals surface area contributed by atoms with E-state index < -0.39 is 0 Å². The Kier molecular flexibility index (Phi) is 4.37. The number of nitro benzene ring substituents is 1. The Bertz CT molecular complexity index is 637. The molecule has 0 amide bonds. The summed E-state index contributed by atoms with van der Waals surface area (Å²) < 4.78 is 0. The molecule has 0 spiro atoms. The number of hydrogen-bond acceptors (Lipinski definition) is 4. The van der Waals surface area contributed by atoms with Crippen molar-refractivity contribution >= 4 is 5.69 Å². The summed E-state index contributed by atoms with van der Waals surface area (Å²) in [6.45, 7) is 6.08. The topological polar surface area (TPSA) is 49.6 Å². The number of rotatable bonds is 5. The molecule has 1 aromatic carbocycles. The van der Waals surface area contributed by atoms with E-state index >= 15 is 0 Å². The molecule has 4 rings (SSSR count). The zero-order valence-electron chi connectivity index (χ0n) is 14.0. The summed E-state index contributed by atoms with van der Waals surface area (Å²) in [5.74, 6) is 2.52. The molecule has 1 aliphatic heterocycles. The average Bonchev–Trinajstić information content (AvgIpc) is 3.20. The molecular formula is C19H25N3O2. The van der Waals surface area contributed by atoms with E-state index in [9.17, 15) is 10.1 Å². The number of allylic oxidation sites excluding steroid dienone is 2. The summed E-state index contributed by atoms with van der Waals surface area (Å²) in [4.78, 5) is 15.8. The van der Waals surface area contributed by atoms with E-state index in [0.717, 1.165) is 49.5 Å². The van der Waals surface area contributed by atoms with Crippen molar-refractivity contribution in [2.24, 2.45) is 17.8 Å². The Morgan fingerprint density at radius 1 is 1.04 bits per heavy atom. The van der Waals surface area contributed by atoms with E-state index in [1.165, 1.54) is 19.4 Å². The van der Waals surface area contributed by atoms with Gasteiger partial charge in [0.25, 0.3) is 5.69 Å². The van der Waals surface area contributed by atoms with Gasteiger partial charge < -0.3 is 4.90 Å². The molecule has 3 aliphatic rings. The highest BCUT2D eigenvalue weighted by Gasteiger charge is 2.36. The van der Waals surface area contributed by atoms with Crippen LogP contribution in [0.4, 0.5) is 5.69 Å². The van der Waals surface area contributed by atoms with E-state index in [0.29, 0.717) is 6.54 Å². The summed E-state index contributed by atoms with van der Waals surface area (Å²) >= 11 is 0. The van der Waals surface area contributed by atoms with Crippen molar-refractivity contribution in [2.75, 3.05) is 32.7 Å². The Labute approximate surface area is 143 Å². The van der Waals surface area contributed by atoms with Gasteiger partial charge in [0.2, 0.25) is 0 Å². The Hall–Kier alpha value is -1.72. The van der Waals surface area contributed by atoms with Gasteiger partial charge >= 0.3 is 0 Å². The highest BCUT2D eigenvalue weighted by atomic mass is 16.6. The molecule has 128 valence electrons. The third-order valence-electron chi connectivity index (χ3n) is 5.96. The molecule has 24 heavy (non-hydrogen) atoms. The molecular weight excluding hydrogens is 302 g/mol. The van der Waals surface area contributed by atoms with Crippen molar-refractivity contribution in [1.82, 2.24) is 9.80 Å². The van der Waals surface area contributed by atoms with Crippen LogP contribution in [0.2, 0.25) is 0 Å². The highest BCUT2D eigenvalue weighted by Crippen LogP contribution is 2.43. The molecule has 1 saturated heterocycles. The average molecular weight is 327 g/mol. The lowest BCUT2D eigenvalue weighted by Gasteiger charge is -2.36. The standard InChI is InChI=1S/C19H25N3O2/c23-22(24)19-4-2-1-3-17(19)13-20-7-9-21(10-8-20)14-18-12-15-5-6-16(18)11-15/h1-6,15-16,18H,7-14H2/t15-,16+,18-/m0/s1. The van der Waals surface area contributed by atoms with Crippen LogP contribution < -0.4 is 0 Å². The number of benzene rings is 1. The van der Waals surface area contributed by atoms with Crippen molar-refractivity contribution in [1.29, 1.82) is 0 Å². The minimum Gasteiger partial charge on any atom is -0.300 e. The first-order chi connectivity index (χ1) is 11.7. The molecule has 2 aliphatic carbocycles. The maximum Gasteiger partial charge on any atom is 0.273 e. The lowest BCUT2D eigenvalue weighted by molar-refractivity contribution is -0.385. The van der Waals surface area contributed by atoms with Crippen LogP contribution in [0, 0.1) is 27.9 Å². The molecule has 5 nitrogen and oxygen atoms in total. The van der Waals surface area contributed by atoms with Crippen LogP contribution in [-0.2, 0) is 6.54 Å². The second-order valence-electron chi connectivity index (χ2n) is 7.50. The molecule has 0 radical (unpaired) electrons. The number of piperazine rings is 1. The number of nitro groups is 1. The molecule has 0 N–H and O–H groups in total. The predicted molar refractivity (Wildman–Crippen MR) is 93.7 cm³/mol. The minimum absolute atomic E-state index is 0.244. The summed E-state index contributed by atoms with van der Waals surface area (Å²) in [5.41, 5.74) is 1.07. The Morgan fingerprint density at radius 3 is 2.46 bits per heavy atom. The second kappa shape index (κ2) is 6.65. The maximum absolute atomic E-state index is 11.1. The van der Waals surface area contributed by atoms with E-state index in [1.807, 2.05) is 12.1 Å². The van der Waals surface area contributed by atoms with Crippen LogP contribution >= 0.6 is 0 Å². The molecule has 1 heterocycles. The van der Waals surface area contributed by atoms with Crippen LogP contribution in [-0.4, -0.2) is 47.4 Å². The molecule has 2 fully saturated rings. The van der Waals surface area contributed by atoms with Gasteiger partial charge in [-0.2, -0.15) is 0 Å². The number of para-hydroxylation sites is 1. The predicted octanol–water partition coefficient (Wildman–Crippen LogP) is 2.92. The molecule has 0 unspecified atom stereocenters. The van der Waals surface area contributed by atoms with Crippen molar-refractivity contribution in [3.63, 3.8) is 0 Å². The summed E-state index contributed by atoms with van der Waals surface area (Å²) in [5, 5.41) is 11.1. The normalized spacial score (nSPS) is 30.1. The Balaban J connectivity index is 1.29. The fourth-order valence-electron chi connectivity index (χ4n) is 4.63. The van der Waals surface area contributed by atoms with E-state index in [2.05, 4.69) is 22.0 Å². The van der Waals surface area contributed by atoms with Crippen molar-refractivity contribution in [3.8, 4) is 0 Å². The van der Waals surface area contributed by atoms with Crippen LogP contribution in [0.3, 0.4) is 0 Å². The van der Waals surface area contributed by atoms with Gasteiger partial charge in [-0.1, -0.05) is 30.4 Å². The largest absolute Gasteiger partial charge is 0.300 e. The smallest absolute Gasteiger partial charge is 0.273 e. The Morgan fingerprint density at radius 2 is 1.79 bits per heavy atom. The summed E-state index contributed by atoms with van der Waals surface area (Å²) in [7, 11) is 0. The van der Waals surface area contributed by atoms with Crippen molar-refractivity contribution < 1.29 is 4.92 Å². The fourth-order valence-corrected chi connectivity index (χ4v) is 4.63. The number of fused-ring (bicyclic) bond motifs is 2. The van der Waals surface area contributed by atoms with E-state index in [1.54, 1.807) is 12.1 Å². The summed E-state index contributed by atoms with van der Waals surface area (Å²) in [6, 6.07) is 7.12. The lowest BCUT2D eigenvalue weighted by atomic mass is 9.93. The van der Waals surface area contributed by atoms with Gasteiger partial charge in [-0.25, -0.2) is 0 Å². The second-order valence-corrected chi connectivity index (χ2v) is 7.50. The van der Waals surface area contributed by atoms with Crippen molar-refractivity contribution in [3.05, 3.63) is 52.1 Å². The van der Waals surface area contributed by atoms with Crippen LogP contribution in [0.5, 0.6) is 0 Å². The summed E-state index contributed by atoms with van der Waals surface area (Å²) in [6.07, 6.45) is 7.59. The van der Waals surface area contributed by atoms with Gasteiger partial charge in [-0.3, -0.25) is 15.0 Å². The SMILES string of the molecule is O=[N+]([O-])c1ccccc1CN1CCN(C[C@@H]2C[C@H]3C=C[C@@H]2C3)CC1. The first-order valence-electron chi connectivity index (χ1n) is 9.04. The van der Waals surface area contributed by atoms with Gasteiger partial charge in [0, 0.05) is 50.9 Å². The highest BCUT2D eigenvalue weighted by molar-refractivity contribution is 5.39. The van der Waals surface area contributed by atoms with E-state index in [-0.39, 0.29) is 10.6 Å². The van der Waals surface area contributed by atoms with Crippen molar-refractivity contribution in [2.45, 2.75) is 19.4 Å². The van der Waals surface area contributed by atoms with Crippen LogP contribution in [0.1, 0.15) is 18.4 Å². The minimum atomic E-state index is -0.270. The van der Waals surface area contributed by atoms with Gasteiger partial charge in [-0.05, 0) is 30.6 Å².